The predicted octanol–water partition coefficient (Wildman–Crippen LogP) is 1.51. The maximum atomic E-state index is 11.6. The Kier molecular flexibility index (Phi) is 5.16. The van der Waals surface area contributed by atoms with Gasteiger partial charge in [-0.15, -0.1) is 0 Å². The molecule has 0 bridgehead atoms. The van der Waals surface area contributed by atoms with Gasteiger partial charge in [-0.25, -0.2) is 22.7 Å². The van der Waals surface area contributed by atoms with Crippen LogP contribution in [0.5, 0.6) is 0 Å². The molecule has 7 heteroatoms. The Hall–Kier alpha value is -1.21. The van der Waals surface area contributed by atoms with Crippen LogP contribution in [0.3, 0.4) is 0 Å². The number of nitrogens with zero attached hydrogens (tertiary/aromatic N) is 3. The highest BCUT2D eigenvalue weighted by Crippen LogP contribution is 2.22. The highest BCUT2D eigenvalue weighted by atomic mass is 32.2. The Morgan fingerprint density at radius 1 is 1.43 bits per heavy atom. The quantitative estimate of drug-likeness (QED) is 0.892. The number of sulfonamides is 1. The molecular weight excluding hydrogens is 288 g/mol. The van der Waals surface area contributed by atoms with Gasteiger partial charge in [-0.05, 0) is 39.0 Å². The van der Waals surface area contributed by atoms with Crippen molar-refractivity contribution in [1.29, 1.82) is 0 Å². The molecule has 1 aromatic heterocycles. The van der Waals surface area contributed by atoms with Crippen LogP contribution in [0, 0.1) is 5.92 Å². The average Bonchev–Trinajstić information content (AvgIpc) is 2.37. The molecule has 0 saturated carbocycles. The summed E-state index contributed by atoms with van der Waals surface area (Å²) in [6.07, 6.45) is 5.60. The number of aromatic nitrogens is 2. The molecule has 2 heterocycles. The van der Waals surface area contributed by atoms with Gasteiger partial charge in [0.1, 0.15) is 12.1 Å². The van der Waals surface area contributed by atoms with E-state index in [0.717, 1.165) is 30.8 Å². The maximum absolute atomic E-state index is 11.6. The zero-order valence-corrected chi connectivity index (χ0v) is 13.7. The largest absolute Gasteiger partial charge is 0.368 e. The van der Waals surface area contributed by atoms with Crippen LogP contribution in [0.2, 0.25) is 0 Å². The third-order valence-electron chi connectivity index (χ3n) is 3.61. The molecule has 0 spiro atoms. The van der Waals surface area contributed by atoms with Gasteiger partial charge in [0.15, 0.2) is 0 Å². The Morgan fingerprint density at radius 3 is 2.86 bits per heavy atom. The van der Waals surface area contributed by atoms with Crippen molar-refractivity contribution in [3.05, 3.63) is 18.1 Å². The van der Waals surface area contributed by atoms with E-state index in [4.69, 9.17) is 0 Å². The average molecular weight is 312 g/mol. The van der Waals surface area contributed by atoms with Crippen molar-refractivity contribution in [3.8, 4) is 0 Å². The summed E-state index contributed by atoms with van der Waals surface area (Å²) in [5.74, 6) is 1.15. The second-order valence-electron chi connectivity index (χ2n) is 6.03. The molecule has 0 amide bonds. The summed E-state index contributed by atoms with van der Waals surface area (Å²) in [6.45, 7) is 5.36. The highest BCUT2D eigenvalue weighted by Gasteiger charge is 2.26. The van der Waals surface area contributed by atoms with E-state index >= 15 is 0 Å². The number of rotatable bonds is 5. The molecule has 1 saturated heterocycles. The van der Waals surface area contributed by atoms with Gasteiger partial charge in [-0.2, -0.15) is 0 Å². The van der Waals surface area contributed by atoms with E-state index in [2.05, 4.69) is 29.1 Å². The minimum Gasteiger partial charge on any atom is -0.368 e. The van der Waals surface area contributed by atoms with E-state index in [0.29, 0.717) is 25.0 Å². The zero-order valence-electron chi connectivity index (χ0n) is 12.9. The van der Waals surface area contributed by atoms with Crippen molar-refractivity contribution < 1.29 is 8.42 Å². The molecule has 21 heavy (non-hydrogen) atoms. The van der Waals surface area contributed by atoms with E-state index in [1.807, 2.05) is 6.07 Å². The molecule has 0 unspecified atom stereocenters. The fourth-order valence-electron chi connectivity index (χ4n) is 2.67. The Bertz CT molecular complexity index is 574. The summed E-state index contributed by atoms with van der Waals surface area (Å²) in [5, 5.41) is 3.26. The SMILES string of the molecule is CC(C)Nc1cc(C[C@H]2CCCN(S(C)(=O)=O)C2)ncn1. The van der Waals surface area contributed by atoms with E-state index < -0.39 is 10.0 Å². The molecule has 1 fully saturated rings. The van der Waals surface area contributed by atoms with Crippen LogP contribution in [0.15, 0.2) is 12.4 Å². The van der Waals surface area contributed by atoms with Crippen molar-refractivity contribution in [2.75, 3.05) is 24.7 Å². The Balaban J connectivity index is 2.01. The lowest BCUT2D eigenvalue weighted by atomic mass is 9.94. The van der Waals surface area contributed by atoms with E-state index in [1.54, 1.807) is 10.6 Å². The van der Waals surface area contributed by atoms with Crippen LogP contribution in [0.1, 0.15) is 32.4 Å². The summed E-state index contributed by atoms with van der Waals surface area (Å²) in [6, 6.07) is 2.28. The van der Waals surface area contributed by atoms with E-state index in [-0.39, 0.29) is 0 Å². The van der Waals surface area contributed by atoms with Crippen molar-refractivity contribution in [2.24, 2.45) is 5.92 Å². The fraction of sp³-hybridized carbons (Fsp3) is 0.714. The predicted molar refractivity (Wildman–Crippen MR) is 83.6 cm³/mol. The number of nitrogens with one attached hydrogen (secondary N) is 1. The molecule has 6 nitrogen and oxygen atoms in total. The number of hydrogen-bond acceptors (Lipinski definition) is 5. The number of anilines is 1. The highest BCUT2D eigenvalue weighted by molar-refractivity contribution is 7.88. The standard InChI is InChI=1S/C14H24N4O2S/c1-11(2)17-14-8-13(15-10-16-14)7-12-5-4-6-18(9-12)21(3,19)20/h8,10-12H,4-7,9H2,1-3H3,(H,15,16,17)/t12-/m1/s1. The van der Waals surface area contributed by atoms with Crippen molar-refractivity contribution in [3.63, 3.8) is 0 Å². The van der Waals surface area contributed by atoms with Gasteiger partial charge in [0, 0.05) is 30.9 Å². The first-order chi connectivity index (χ1) is 9.84. The third-order valence-corrected chi connectivity index (χ3v) is 4.88. The Morgan fingerprint density at radius 2 is 2.19 bits per heavy atom. The van der Waals surface area contributed by atoms with Crippen LogP contribution in [-0.2, 0) is 16.4 Å². The van der Waals surface area contributed by atoms with E-state index in [9.17, 15) is 8.42 Å². The summed E-state index contributed by atoms with van der Waals surface area (Å²) in [5.41, 5.74) is 0.966. The lowest BCUT2D eigenvalue weighted by Crippen LogP contribution is -2.39. The molecular formula is C14H24N4O2S. The van der Waals surface area contributed by atoms with Gasteiger partial charge in [0.05, 0.1) is 6.26 Å². The molecule has 0 aromatic carbocycles. The van der Waals surface area contributed by atoms with Crippen LogP contribution in [0.4, 0.5) is 5.82 Å². The van der Waals surface area contributed by atoms with Gasteiger partial charge in [-0.1, -0.05) is 0 Å². The molecule has 1 aromatic rings. The first-order valence-corrected chi connectivity index (χ1v) is 9.22. The first kappa shape index (κ1) is 16.2. The zero-order chi connectivity index (χ0) is 15.5. The monoisotopic (exact) mass is 312 g/mol. The fourth-order valence-corrected chi connectivity index (χ4v) is 3.62. The summed E-state index contributed by atoms with van der Waals surface area (Å²) in [4.78, 5) is 8.51. The maximum Gasteiger partial charge on any atom is 0.211 e. The van der Waals surface area contributed by atoms with Crippen LogP contribution >= 0.6 is 0 Å². The number of hydrogen-bond donors (Lipinski definition) is 1. The third kappa shape index (κ3) is 4.93. The second kappa shape index (κ2) is 6.70. The van der Waals surface area contributed by atoms with Crippen molar-refractivity contribution >= 4 is 15.8 Å². The van der Waals surface area contributed by atoms with Gasteiger partial charge in [0.2, 0.25) is 10.0 Å². The molecule has 1 N–H and O–H groups in total. The van der Waals surface area contributed by atoms with Gasteiger partial charge >= 0.3 is 0 Å². The van der Waals surface area contributed by atoms with Gasteiger partial charge in [-0.3, -0.25) is 0 Å². The second-order valence-corrected chi connectivity index (χ2v) is 8.01. The lowest BCUT2D eigenvalue weighted by molar-refractivity contribution is 0.265. The van der Waals surface area contributed by atoms with Crippen molar-refractivity contribution in [1.82, 2.24) is 14.3 Å². The Labute approximate surface area is 127 Å². The van der Waals surface area contributed by atoms with Crippen LogP contribution in [-0.4, -0.2) is 48.1 Å². The normalized spacial score (nSPS) is 20.7. The summed E-state index contributed by atoms with van der Waals surface area (Å²) in [7, 11) is -3.09. The van der Waals surface area contributed by atoms with Gasteiger partial charge in [0.25, 0.3) is 0 Å². The molecule has 1 aliphatic heterocycles. The summed E-state index contributed by atoms with van der Waals surface area (Å²) < 4.78 is 24.9. The molecule has 118 valence electrons. The molecule has 0 aliphatic carbocycles. The lowest BCUT2D eigenvalue weighted by Gasteiger charge is -2.30. The van der Waals surface area contributed by atoms with Crippen molar-refractivity contribution in [2.45, 2.75) is 39.2 Å². The number of piperidine rings is 1. The van der Waals surface area contributed by atoms with Crippen LogP contribution in [0.25, 0.3) is 0 Å². The molecule has 1 aliphatic rings. The minimum absolute atomic E-state index is 0.322. The minimum atomic E-state index is -3.09. The van der Waals surface area contributed by atoms with Gasteiger partial charge < -0.3 is 5.32 Å². The topological polar surface area (TPSA) is 75.2 Å². The first-order valence-electron chi connectivity index (χ1n) is 7.37. The van der Waals surface area contributed by atoms with Crippen LogP contribution < -0.4 is 5.32 Å². The van der Waals surface area contributed by atoms with E-state index in [1.165, 1.54) is 6.26 Å². The molecule has 1 atom stereocenters. The molecule has 2 rings (SSSR count). The molecule has 0 radical (unpaired) electrons. The smallest absolute Gasteiger partial charge is 0.211 e. The summed E-state index contributed by atoms with van der Waals surface area (Å²) >= 11 is 0.